The van der Waals surface area contributed by atoms with Gasteiger partial charge < -0.3 is 15.4 Å². The van der Waals surface area contributed by atoms with Crippen molar-refractivity contribution in [1.29, 1.82) is 0 Å². The lowest BCUT2D eigenvalue weighted by atomic mass is 10.1. The number of carbonyl (C=O) groups is 1. The van der Waals surface area contributed by atoms with E-state index in [-0.39, 0.29) is 5.91 Å². The Morgan fingerprint density at radius 3 is 2.78 bits per heavy atom. The van der Waals surface area contributed by atoms with Crippen LogP contribution in [0.25, 0.3) is 0 Å². The van der Waals surface area contributed by atoms with Gasteiger partial charge in [-0.3, -0.25) is 9.78 Å². The van der Waals surface area contributed by atoms with E-state index in [0.717, 1.165) is 23.4 Å². The molecule has 1 aromatic carbocycles. The predicted molar refractivity (Wildman–Crippen MR) is 92.0 cm³/mol. The number of nitrogens with one attached hydrogen (secondary N) is 2. The van der Waals surface area contributed by atoms with E-state index in [2.05, 4.69) is 22.2 Å². The Bertz CT molecular complexity index is 654. The van der Waals surface area contributed by atoms with Crippen LogP contribution in [0.15, 0.2) is 55.3 Å². The Balaban J connectivity index is 1.85. The monoisotopic (exact) mass is 311 g/mol. The van der Waals surface area contributed by atoms with E-state index in [1.165, 1.54) is 0 Å². The number of hydrogen-bond donors (Lipinski definition) is 2. The lowest BCUT2D eigenvalue weighted by molar-refractivity contribution is 0.0949. The topological polar surface area (TPSA) is 63.2 Å². The highest BCUT2D eigenvalue weighted by atomic mass is 16.5. The van der Waals surface area contributed by atoms with Crippen LogP contribution in [0.4, 0.5) is 5.69 Å². The maximum absolute atomic E-state index is 12.1. The number of aromatic nitrogens is 1. The SMILES string of the molecule is C=CCNc1ccnc(C(=O)NCCc2ccc(OC)cc2)c1. The highest BCUT2D eigenvalue weighted by Crippen LogP contribution is 2.11. The van der Waals surface area contributed by atoms with Gasteiger partial charge in [-0.2, -0.15) is 0 Å². The number of benzene rings is 1. The molecule has 2 N–H and O–H groups in total. The van der Waals surface area contributed by atoms with Crippen molar-refractivity contribution in [2.45, 2.75) is 6.42 Å². The molecule has 120 valence electrons. The molecule has 0 saturated carbocycles. The zero-order valence-electron chi connectivity index (χ0n) is 13.2. The molecule has 0 fully saturated rings. The molecule has 23 heavy (non-hydrogen) atoms. The molecule has 2 aromatic rings. The van der Waals surface area contributed by atoms with E-state index < -0.39 is 0 Å². The van der Waals surface area contributed by atoms with Crippen molar-refractivity contribution in [2.75, 3.05) is 25.5 Å². The van der Waals surface area contributed by atoms with Crippen LogP contribution in [0.1, 0.15) is 16.1 Å². The van der Waals surface area contributed by atoms with Crippen LogP contribution in [-0.2, 0) is 6.42 Å². The van der Waals surface area contributed by atoms with Crippen molar-refractivity contribution in [2.24, 2.45) is 0 Å². The first kappa shape index (κ1) is 16.5. The summed E-state index contributed by atoms with van der Waals surface area (Å²) in [5.74, 6) is 0.645. The molecule has 0 bridgehead atoms. The normalized spacial score (nSPS) is 9.96. The molecule has 5 nitrogen and oxygen atoms in total. The van der Waals surface area contributed by atoms with Crippen LogP contribution >= 0.6 is 0 Å². The highest BCUT2D eigenvalue weighted by molar-refractivity contribution is 5.93. The standard InChI is InChI=1S/C18H21N3O2/c1-3-10-19-15-9-12-20-17(13-15)18(22)21-11-8-14-4-6-16(23-2)7-5-14/h3-7,9,12-13H,1,8,10-11H2,2H3,(H,19,20)(H,21,22). The quantitative estimate of drug-likeness (QED) is 0.736. The molecule has 1 aromatic heterocycles. The first-order valence-corrected chi connectivity index (χ1v) is 7.45. The van der Waals surface area contributed by atoms with Crippen molar-refractivity contribution in [3.8, 4) is 5.75 Å². The number of hydrogen-bond acceptors (Lipinski definition) is 4. The van der Waals surface area contributed by atoms with Crippen LogP contribution in [-0.4, -0.2) is 31.1 Å². The van der Waals surface area contributed by atoms with Crippen molar-refractivity contribution in [1.82, 2.24) is 10.3 Å². The summed E-state index contributed by atoms with van der Waals surface area (Å²) in [6, 6.07) is 11.3. The van der Waals surface area contributed by atoms with E-state index in [4.69, 9.17) is 4.74 Å². The number of pyridine rings is 1. The van der Waals surface area contributed by atoms with Crippen LogP contribution in [0.5, 0.6) is 5.75 Å². The van der Waals surface area contributed by atoms with Gasteiger partial charge in [0.25, 0.3) is 5.91 Å². The molecule has 0 radical (unpaired) electrons. The first-order chi connectivity index (χ1) is 11.2. The fourth-order valence-electron chi connectivity index (χ4n) is 2.06. The summed E-state index contributed by atoms with van der Waals surface area (Å²) in [5.41, 5.74) is 2.38. The summed E-state index contributed by atoms with van der Waals surface area (Å²) in [7, 11) is 1.64. The van der Waals surface area contributed by atoms with Gasteiger partial charge in [0.15, 0.2) is 0 Å². The van der Waals surface area contributed by atoms with Crippen molar-refractivity contribution >= 4 is 11.6 Å². The molecule has 0 aliphatic rings. The van der Waals surface area contributed by atoms with Gasteiger partial charge in [-0.15, -0.1) is 6.58 Å². The van der Waals surface area contributed by atoms with Gasteiger partial charge in [0.1, 0.15) is 11.4 Å². The van der Waals surface area contributed by atoms with Gasteiger partial charge in [-0.1, -0.05) is 18.2 Å². The van der Waals surface area contributed by atoms with Gasteiger partial charge in [0.2, 0.25) is 0 Å². The number of amides is 1. The lowest BCUT2D eigenvalue weighted by Crippen LogP contribution is -2.26. The smallest absolute Gasteiger partial charge is 0.269 e. The molecule has 0 unspecified atom stereocenters. The second-order valence-corrected chi connectivity index (χ2v) is 4.95. The fourth-order valence-corrected chi connectivity index (χ4v) is 2.06. The van der Waals surface area contributed by atoms with E-state index >= 15 is 0 Å². The van der Waals surface area contributed by atoms with Crippen LogP contribution in [0, 0.1) is 0 Å². The van der Waals surface area contributed by atoms with Crippen molar-refractivity contribution in [3.63, 3.8) is 0 Å². The summed E-state index contributed by atoms with van der Waals surface area (Å²) in [4.78, 5) is 16.2. The molecular formula is C18H21N3O2. The second kappa shape index (κ2) is 8.58. The van der Waals surface area contributed by atoms with E-state index in [0.29, 0.717) is 18.8 Å². The zero-order chi connectivity index (χ0) is 16.5. The molecule has 1 amide bonds. The third-order valence-electron chi connectivity index (χ3n) is 3.30. The van der Waals surface area contributed by atoms with E-state index in [1.54, 1.807) is 25.4 Å². The van der Waals surface area contributed by atoms with Gasteiger partial charge >= 0.3 is 0 Å². The Hall–Kier alpha value is -2.82. The minimum Gasteiger partial charge on any atom is -0.497 e. The molecule has 2 rings (SSSR count). The number of nitrogens with zero attached hydrogens (tertiary/aromatic N) is 1. The van der Waals surface area contributed by atoms with Gasteiger partial charge in [-0.25, -0.2) is 0 Å². The number of ether oxygens (including phenoxy) is 1. The number of carbonyl (C=O) groups excluding carboxylic acids is 1. The van der Waals surface area contributed by atoms with Crippen LogP contribution < -0.4 is 15.4 Å². The molecule has 5 heteroatoms. The maximum Gasteiger partial charge on any atom is 0.269 e. The number of rotatable bonds is 8. The summed E-state index contributed by atoms with van der Waals surface area (Å²) in [5, 5.41) is 6.01. The summed E-state index contributed by atoms with van der Waals surface area (Å²) < 4.78 is 5.12. The Morgan fingerprint density at radius 1 is 1.30 bits per heavy atom. The minimum absolute atomic E-state index is 0.180. The highest BCUT2D eigenvalue weighted by Gasteiger charge is 2.07. The molecule has 0 aliphatic heterocycles. The molecule has 0 saturated heterocycles. The van der Waals surface area contributed by atoms with Gasteiger partial charge in [0, 0.05) is 25.0 Å². The van der Waals surface area contributed by atoms with Gasteiger partial charge in [-0.05, 0) is 36.2 Å². The molecular weight excluding hydrogens is 290 g/mol. The van der Waals surface area contributed by atoms with E-state index in [1.807, 2.05) is 30.3 Å². The number of anilines is 1. The molecule has 0 atom stereocenters. The Kier molecular flexibility index (Phi) is 6.17. The average molecular weight is 311 g/mol. The van der Waals surface area contributed by atoms with Crippen LogP contribution in [0.3, 0.4) is 0 Å². The number of methoxy groups -OCH3 is 1. The zero-order valence-corrected chi connectivity index (χ0v) is 13.2. The predicted octanol–water partition coefficient (Wildman–Crippen LogP) is 2.66. The Labute approximate surface area is 136 Å². The third kappa shape index (κ3) is 5.14. The fraction of sp³-hybridized carbons (Fsp3) is 0.222. The van der Waals surface area contributed by atoms with E-state index in [9.17, 15) is 4.79 Å². The van der Waals surface area contributed by atoms with Gasteiger partial charge in [0.05, 0.1) is 7.11 Å². The first-order valence-electron chi connectivity index (χ1n) is 7.45. The van der Waals surface area contributed by atoms with Crippen molar-refractivity contribution in [3.05, 3.63) is 66.5 Å². The maximum atomic E-state index is 12.1. The van der Waals surface area contributed by atoms with Crippen LogP contribution in [0.2, 0.25) is 0 Å². The molecule has 1 heterocycles. The average Bonchev–Trinajstić information content (AvgIpc) is 2.60. The van der Waals surface area contributed by atoms with Crippen molar-refractivity contribution < 1.29 is 9.53 Å². The second-order valence-electron chi connectivity index (χ2n) is 4.95. The molecule has 0 aliphatic carbocycles. The minimum atomic E-state index is -0.180. The third-order valence-corrected chi connectivity index (χ3v) is 3.30. The lowest BCUT2D eigenvalue weighted by Gasteiger charge is -2.08. The molecule has 0 spiro atoms. The largest absolute Gasteiger partial charge is 0.497 e. The summed E-state index contributed by atoms with van der Waals surface area (Å²) in [6.07, 6.45) is 4.13. The summed E-state index contributed by atoms with van der Waals surface area (Å²) in [6.45, 7) is 4.84. The summed E-state index contributed by atoms with van der Waals surface area (Å²) >= 11 is 0. The Morgan fingerprint density at radius 2 is 2.09 bits per heavy atom.